The second kappa shape index (κ2) is 6.07. The van der Waals surface area contributed by atoms with Gasteiger partial charge in [0.2, 0.25) is 5.95 Å². The van der Waals surface area contributed by atoms with Crippen LogP contribution in [0.5, 0.6) is 0 Å². The number of nitrogens with zero attached hydrogens (tertiary/aromatic N) is 5. The summed E-state index contributed by atoms with van der Waals surface area (Å²) < 4.78 is 0. The second-order valence-corrected chi connectivity index (χ2v) is 5.39. The monoisotopic (exact) mass is 274 g/mol. The van der Waals surface area contributed by atoms with Crippen molar-refractivity contribution in [1.82, 2.24) is 20.2 Å². The predicted molar refractivity (Wildman–Crippen MR) is 79.9 cm³/mol. The molecule has 1 saturated heterocycles. The highest BCUT2D eigenvalue weighted by molar-refractivity contribution is 5.80. The molecule has 108 valence electrons. The number of hydrogen-bond donors (Lipinski definition) is 1. The number of nitrogens with one attached hydrogen (secondary N) is 1. The van der Waals surface area contributed by atoms with E-state index in [1.54, 1.807) is 12.4 Å². The summed E-state index contributed by atoms with van der Waals surface area (Å²) >= 11 is 0. The molecule has 2 fully saturated rings. The van der Waals surface area contributed by atoms with Gasteiger partial charge in [-0.15, -0.1) is 0 Å². The largest absolute Gasteiger partial charge is 0.356 e. The Balaban J connectivity index is 1.51. The molecule has 6 heteroatoms. The second-order valence-electron chi connectivity index (χ2n) is 5.39. The van der Waals surface area contributed by atoms with Crippen molar-refractivity contribution in [3.63, 3.8) is 0 Å². The van der Waals surface area contributed by atoms with Crippen LogP contribution in [0.15, 0.2) is 23.5 Å². The number of guanidine groups is 1. The molecule has 1 aliphatic carbocycles. The Labute approximate surface area is 119 Å². The number of rotatable bonds is 3. The molecule has 0 spiro atoms. The Morgan fingerprint density at radius 2 is 1.95 bits per heavy atom. The van der Waals surface area contributed by atoms with Crippen molar-refractivity contribution in [2.24, 2.45) is 10.9 Å². The highest BCUT2D eigenvalue weighted by Crippen LogP contribution is 2.27. The highest BCUT2D eigenvalue weighted by Gasteiger charge is 2.24. The predicted octanol–water partition coefficient (Wildman–Crippen LogP) is 0.584. The van der Waals surface area contributed by atoms with E-state index in [0.29, 0.717) is 0 Å². The first-order chi connectivity index (χ1) is 9.86. The average Bonchev–Trinajstić information content (AvgIpc) is 3.34. The van der Waals surface area contributed by atoms with Gasteiger partial charge in [0.15, 0.2) is 5.96 Å². The molecule has 1 N–H and O–H groups in total. The quantitative estimate of drug-likeness (QED) is 0.645. The fraction of sp³-hybridized carbons (Fsp3) is 0.643. The molecule has 20 heavy (non-hydrogen) atoms. The highest BCUT2D eigenvalue weighted by atomic mass is 15.4. The topological polar surface area (TPSA) is 56.7 Å². The molecule has 0 unspecified atom stereocenters. The molecule has 0 aromatic carbocycles. The minimum atomic E-state index is 0.827. The van der Waals surface area contributed by atoms with Crippen LogP contribution < -0.4 is 10.2 Å². The van der Waals surface area contributed by atoms with E-state index < -0.39 is 0 Å². The van der Waals surface area contributed by atoms with Crippen LogP contribution in [0.1, 0.15) is 12.8 Å². The molecule has 0 amide bonds. The van der Waals surface area contributed by atoms with E-state index >= 15 is 0 Å². The van der Waals surface area contributed by atoms with E-state index in [-0.39, 0.29) is 0 Å². The Morgan fingerprint density at radius 3 is 2.55 bits per heavy atom. The average molecular weight is 274 g/mol. The zero-order valence-corrected chi connectivity index (χ0v) is 12.0. The molecule has 2 heterocycles. The normalized spacial score (nSPS) is 20.1. The molecule has 0 bridgehead atoms. The van der Waals surface area contributed by atoms with Crippen LogP contribution in [-0.4, -0.2) is 60.6 Å². The number of piperazine rings is 1. The third-order valence-corrected chi connectivity index (χ3v) is 3.87. The van der Waals surface area contributed by atoms with Crippen LogP contribution in [-0.2, 0) is 0 Å². The molecule has 6 nitrogen and oxygen atoms in total. The van der Waals surface area contributed by atoms with E-state index in [4.69, 9.17) is 0 Å². The Bertz CT molecular complexity index is 448. The lowest BCUT2D eigenvalue weighted by atomic mass is 10.3. The van der Waals surface area contributed by atoms with Gasteiger partial charge in [0.25, 0.3) is 0 Å². The first-order valence-electron chi connectivity index (χ1n) is 7.34. The Morgan fingerprint density at radius 1 is 1.25 bits per heavy atom. The lowest BCUT2D eigenvalue weighted by Gasteiger charge is -2.36. The summed E-state index contributed by atoms with van der Waals surface area (Å²) in [4.78, 5) is 17.6. The van der Waals surface area contributed by atoms with Crippen molar-refractivity contribution in [3.05, 3.63) is 18.5 Å². The van der Waals surface area contributed by atoms with Gasteiger partial charge < -0.3 is 15.1 Å². The van der Waals surface area contributed by atoms with E-state index in [1.165, 1.54) is 12.8 Å². The number of hydrogen-bond acceptors (Lipinski definition) is 4. The van der Waals surface area contributed by atoms with Crippen molar-refractivity contribution in [3.8, 4) is 0 Å². The van der Waals surface area contributed by atoms with Gasteiger partial charge in [0.1, 0.15) is 0 Å². The summed E-state index contributed by atoms with van der Waals surface area (Å²) in [6, 6.07) is 1.85. The fourth-order valence-corrected chi connectivity index (χ4v) is 2.46. The van der Waals surface area contributed by atoms with Gasteiger partial charge in [-0.3, -0.25) is 4.99 Å². The van der Waals surface area contributed by atoms with Gasteiger partial charge in [0, 0.05) is 52.2 Å². The first-order valence-corrected chi connectivity index (χ1v) is 7.34. The van der Waals surface area contributed by atoms with E-state index in [9.17, 15) is 0 Å². The van der Waals surface area contributed by atoms with Crippen LogP contribution >= 0.6 is 0 Å². The van der Waals surface area contributed by atoms with Crippen molar-refractivity contribution in [1.29, 1.82) is 0 Å². The molecule has 1 aromatic rings. The lowest BCUT2D eigenvalue weighted by molar-refractivity contribution is 0.369. The minimum Gasteiger partial charge on any atom is -0.356 e. The van der Waals surface area contributed by atoms with Gasteiger partial charge in [0.05, 0.1) is 0 Å². The summed E-state index contributed by atoms with van der Waals surface area (Å²) in [5, 5.41) is 3.48. The van der Waals surface area contributed by atoms with Gasteiger partial charge in [-0.1, -0.05) is 0 Å². The van der Waals surface area contributed by atoms with Crippen LogP contribution in [0.25, 0.3) is 0 Å². The first kappa shape index (κ1) is 13.1. The summed E-state index contributed by atoms with van der Waals surface area (Å²) in [5.74, 6) is 2.73. The molecule has 2 aliphatic rings. The molecule has 1 saturated carbocycles. The maximum Gasteiger partial charge on any atom is 0.225 e. The van der Waals surface area contributed by atoms with E-state index in [0.717, 1.165) is 50.5 Å². The van der Waals surface area contributed by atoms with Crippen molar-refractivity contribution in [2.75, 3.05) is 44.7 Å². The van der Waals surface area contributed by atoms with Crippen molar-refractivity contribution >= 4 is 11.9 Å². The molecule has 0 atom stereocenters. The van der Waals surface area contributed by atoms with Crippen molar-refractivity contribution < 1.29 is 0 Å². The zero-order chi connectivity index (χ0) is 13.8. The van der Waals surface area contributed by atoms with Crippen LogP contribution in [0.3, 0.4) is 0 Å². The smallest absolute Gasteiger partial charge is 0.225 e. The van der Waals surface area contributed by atoms with Crippen molar-refractivity contribution in [2.45, 2.75) is 12.8 Å². The zero-order valence-electron chi connectivity index (χ0n) is 12.0. The molecular formula is C14H22N6. The molecule has 3 rings (SSSR count). The third kappa shape index (κ3) is 3.18. The van der Waals surface area contributed by atoms with Crippen LogP contribution in [0.2, 0.25) is 0 Å². The van der Waals surface area contributed by atoms with Gasteiger partial charge >= 0.3 is 0 Å². The van der Waals surface area contributed by atoms with E-state index in [1.807, 2.05) is 13.1 Å². The third-order valence-electron chi connectivity index (χ3n) is 3.87. The SMILES string of the molecule is CN=C(NCC1CC1)N1CCN(c2ncccn2)CC1. The summed E-state index contributed by atoms with van der Waals surface area (Å²) in [7, 11) is 1.86. The molecular weight excluding hydrogens is 252 g/mol. The van der Waals surface area contributed by atoms with Gasteiger partial charge in [-0.25, -0.2) is 9.97 Å². The number of aromatic nitrogens is 2. The molecule has 0 radical (unpaired) electrons. The number of aliphatic imine (C=N–C) groups is 1. The lowest BCUT2D eigenvalue weighted by Crippen LogP contribution is -2.53. The van der Waals surface area contributed by atoms with Gasteiger partial charge in [-0.2, -0.15) is 0 Å². The van der Waals surface area contributed by atoms with Gasteiger partial charge in [-0.05, 0) is 24.8 Å². The summed E-state index contributed by atoms with van der Waals surface area (Å²) in [5.41, 5.74) is 0. The van der Waals surface area contributed by atoms with Crippen LogP contribution in [0, 0.1) is 5.92 Å². The molecule has 1 aromatic heterocycles. The number of anilines is 1. The van der Waals surface area contributed by atoms with E-state index in [2.05, 4.69) is 30.1 Å². The minimum absolute atomic E-state index is 0.827. The maximum absolute atomic E-state index is 4.39. The standard InChI is InChI=1S/C14H22N6/c1-15-13(18-11-12-3-4-12)19-7-9-20(10-8-19)14-16-5-2-6-17-14/h2,5-6,12H,3-4,7-11H2,1H3,(H,15,18). The molecule has 1 aliphatic heterocycles. The summed E-state index contributed by atoms with van der Waals surface area (Å²) in [6.07, 6.45) is 6.32. The maximum atomic E-state index is 4.39. The fourth-order valence-electron chi connectivity index (χ4n) is 2.46. The van der Waals surface area contributed by atoms with Crippen LogP contribution in [0.4, 0.5) is 5.95 Å². The summed E-state index contributed by atoms with van der Waals surface area (Å²) in [6.45, 7) is 4.86. The Hall–Kier alpha value is -1.85. The Kier molecular flexibility index (Phi) is 3.99.